The van der Waals surface area contributed by atoms with Gasteiger partial charge in [0, 0.05) is 19.7 Å². The van der Waals surface area contributed by atoms with Crippen LogP contribution < -0.4 is 16.0 Å². The van der Waals surface area contributed by atoms with Crippen molar-refractivity contribution in [3.05, 3.63) is 29.8 Å². The summed E-state index contributed by atoms with van der Waals surface area (Å²) in [6.07, 6.45) is 0. The monoisotopic (exact) mass is 206 g/mol. The van der Waals surface area contributed by atoms with Gasteiger partial charge in [-0.1, -0.05) is 12.1 Å². The molecule has 0 saturated carbocycles. The molecule has 0 spiro atoms. The number of nitrogens with one attached hydrogen (secondary N) is 2. The maximum atomic E-state index is 11.4. The number of hydrogen-bond donors (Lipinski definition) is 3. The first kappa shape index (κ1) is 11.0. The maximum Gasteiger partial charge on any atom is 0.321 e. The highest BCUT2D eigenvalue weighted by Gasteiger charge is 2.13. The minimum atomic E-state index is -0.247. The quantitative estimate of drug-likeness (QED) is 0.493. The summed E-state index contributed by atoms with van der Waals surface area (Å²) >= 11 is 0. The number of nitrogen functional groups attached to an aromatic ring is 1. The van der Waals surface area contributed by atoms with Crippen molar-refractivity contribution in [3.8, 4) is 0 Å². The topological polar surface area (TPSA) is 82.2 Å². The Bertz CT molecular complexity index is 389. The summed E-state index contributed by atoms with van der Waals surface area (Å²) < 4.78 is 0. The lowest BCUT2D eigenvalue weighted by atomic mass is 10.1. The molecule has 0 atom stereocenters. The molecule has 0 aliphatic carbocycles. The standard InChI is InChI=1S/C10H14N4O/c1-13-10(15)14(2)8-6-4-3-5-7(8)9(11)12/h3-6H,1-2H3,(H3,11,12)(H,13,15). The molecular weight excluding hydrogens is 192 g/mol. The van der Waals surface area contributed by atoms with Crippen LogP contribution in [-0.2, 0) is 0 Å². The molecule has 5 heteroatoms. The molecule has 0 unspecified atom stereocenters. The Morgan fingerprint density at radius 3 is 2.60 bits per heavy atom. The smallest absolute Gasteiger partial charge is 0.321 e. The van der Waals surface area contributed by atoms with Crippen LogP contribution in [0.2, 0.25) is 0 Å². The summed E-state index contributed by atoms with van der Waals surface area (Å²) in [6, 6.07) is 6.77. The number of rotatable bonds is 2. The van der Waals surface area contributed by atoms with E-state index < -0.39 is 0 Å². The molecule has 1 aromatic carbocycles. The second-order valence-corrected chi connectivity index (χ2v) is 3.04. The molecule has 1 aromatic rings. The second kappa shape index (κ2) is 4.45. The molecule has 0 bridgehead atoms. The number of hydrogen-bond acceptors (Lipinski definition) is 2. The Morgan fingerprint density at radius 1 is 1.47 bits per heavy atom. The molecule has 0 fully saturated rings. The molecule has 0 aliphatic heterocycles. The number of amides is 2. The van der Waals surface area contributed by atoms with Gasteiger partial charge in [-0.05, 0) is 12.1 Å². The zero-order chi connectivity index (χ0) is 11.4. The fraction of sp³-hybridized carbons (Fsp3) is 0.200. The van der Waals surface area contributed by atoms with Gasteiger partial charge in [-0.15, -0.1) is 0 Å². The highest BCUT2D eigenvalue weighted by Crippen LogP contribution is 2.18. The van der Waals surface area contributed by atoms with E-state index in [2.05, 4.69) is 5.32 Å². The third kappa shape index (κ3) is 2.25. The highest BCUT2D eigenvalue weighted by atomic mass is 16.2. The van der Waals surface area contributed by atoms with Crippen LogP contribution in [0.4, 0.5) is 10.5 Å². The van der Waals surface area contributed by atoms with Crippen molar-refractivity contribution in [1.29, 1.82) is 5.41 Å². The van der Waals surface area contributed by atoms with E-state index in [1.54, 1.807) is 38.4 Å². The van der Waals surface area contributed by atoms with Gasteiger partial charge in [-0.25, -0.2) is 4.79 Å². The van der Waals surface area contributed by atoms with Crippen LogP contribution >= 0.6 is 0 Å². The van der Waals surface area contributed by atoms with Crippen LogP contribution in [0.1, 0.15) is 5.56 Å². The van der Waals surface area contributed by atoms with E-state index in [0.717, 1.165) is 0 Å². The van der Waals surface area contributed by atoms with E-state index in [1.807, 2.05) is 0 Å². The molecule has 4 N–H and O–H groups in total. The Hall–Kier alpha value is -2.04. The molecule has 0 heterocycles. The van der Waals surface area contributed by atoms with Gasteiger partial charge in [0.2, 0.25) is 0 Å². The maximum absolute atomic E-state index is 11.4. The molecule has 2 amide bonds. The van der Waals surface area contributed by atoms with Crippen molar-refractivity contribution in [3.63, 3.8) is 0 Å². The zero-order valence-electron chi connectivity index (χ0n) is 8.74. The number of amidine groups is 1. The average Bonchev–Trinajstić information content (AvgIpc) is 2.27. The van der Waals surface area contributed by atoms with E-state index in [-0.39, 0.29) is 11.9 Å². The Balaban J connectivity index is 3.13. The number of anilines is 1. The predicted octanol–water partition coefficient (Wildman–Crippen LogP) is 0.746. The Kier molecular flexibility index (Phi) is 3.28. The Morgan fingerprint density at radius 2 is 2.07 bits per heavy atom. The number of nitrogens with zero attached hydrogens (tertiary/aromatic N) is 1. The summed E-state index contributed by atoms with van der Waals surface area (Å²) in [5.74, 6) is -0.0543. The molecule has 1 rings (SSSR count). The SMILES string of the molecule is CNC(=O)N(C)c1ccccc1C(=N)N. The summed E-state index contributed by atoms with van der Waals surface area (Å²) in [7, 11) is 3.18. The number of nitrogens with two attached hydrogens (primary N) is 1. The van der Waals surface area contributed by atoms with Crippen LogP contribution in [0.25, 0.3) is 0 Å². The summed E-state index contributed by atoms with van der Waals surface area (Å²) in [5.41, 5.74) is 6.58. The zero-order valence-corrected chi connectivity index (χ0v) is 8.74. The van der Waals surface area contributed by atoms with Crippen molar-refractivity contribution in [2.75, 3.05) is 19.0 Å². The van der Waals surface area contributed by atoms with Gasteiger partial charge >= 0.3 is 6.03 Å². The van der Waals surface area contributed by atoms with Gasteiger partial charge in [0.25, 0.3) is 0 Å². The number of carbonyl (C=O) groups is 1. The summed E-state index contributed by atoms with van der Waals surface area (Å²) in [6.45, 7) is 0. The van der Waals surface area contributed by atoms with E-state index in [4.69, 9.17) is 11.1 Å². The van der Waals surface area contributed by atoms with Gasteiger partial charge in [0.05, 0.1) is 5.69 Å². The van der Waals surface area contributed by atoms with Gasteiger partial charge in [0.15, 0.2) is 0 Å². The van der Waals surface area contributed by atoms with Crippen molar-refractivity contribution in [2.45, 2.75) is 0 Å². The van der Waals surface area contributed by atoms with Gasteiger partial charge in [-0.2, -0.15) is 0 Å². The fourth-order valence-corrected chi connectivity index (χ4v) is 1.27. The minimum Gasteiger partial charge on any atom is -0.384 e. The molecule has 80 valence electrons. The molecule has 5 nitrogen and oxygen atoms in total. The lowest BCUT2D eigenvalue weighted by Crippen LogP contribution is -2.36. The van der Waals surface area contributed by atoms with Crippen LogP contribution in [0.3, 0.4) is 0 Å². The molecule has 0 radical (unpaired) electrons. The molecular formula is C10H14N4O. The number of benzene rings is 1. The van der Waals surface area contributed by atoms with E-state index in [9.17, 15) is 4.79 Å². The first-order valence-electron chi connectivity index (χ1n) is 4.46. The van der Waals surface area contributed by atoms with Crippen molar-refractivity contribution in [2.24, 2.45) is 5.73 Å². The van der Waals surface area contributed by atoms with Crippen LogP contribution in [-0.4, -0.2) is 26.0 Å². The number of urea groups is 1. The van der Waals surface area contributed by atoms with Crippen molar-refractivity contribution < 1.29 is 4.79 Å². The normalized spacial score (nSPS) is 9.47. The molecule has 0 aromatic heterocycles. The first-order chi connectivity index (χ1) is 7.07. The molecule has 15 heavy (non-hydrogen) atoms. The van der Waals surface area contributed by atoms with Gasteiger partial charge in [0.1, 0.15) is 5.84 Å². The van der Waals surface area contributed by atoms with Crippen molar-refractivity contribution >= 4 is 17.6 Å². The van der Waals surface area contributed by atoms with Crippen LogP contribution in [0.15, 0.2) is 24.3 Å². The number of carbonyl (C=O) groups excluding carboxylic acids is 1. The van der Waals surface area contributed by atoms with E-state index in [0.29, 0.717) is 11.3 Å². The highest BCUT2D eigenvalue weighted by molar-refractivity contribution is 6.04. The lowest BCUT2D eigenvalue weighted by molar-refractivity contribution is 0.249. The average molecular weight is 206 g/mol. The fourth-order valence-electron chi connectivity index (χ4n) is 1.27. The summed E-state index contributed by atoms with van der Waals surface area (Å²) in [5, 5.41) is 9.89. The summed E-state index contributed by atoms with van der Waals surface area (Å²) in [4.78, 5) is 12.8. The predicted molar refractivity (Wildman–Crippen MR) is 60.3 cm³/mol. The van der Waals surface area contributed by atoms with Gasteiger partial charge in [-0.3, -0.25) is 10.3 Å². The van der Waals surface area contributed by atoms with Gasteiger partial charge < -0.3 is 11.1 Å². The Labute approximate surface area is 88.4 Å². The third-order valence-electron chi connectivity index (χ3n) is 2.07. The second-order valence-electron chi connectivity index (χ2n) is 3.04. The first-order valence-corrected chi connectivity index (χ1v) is 4.46. The van der Waals surface area contributed by atoms with E-state index in [1.165, 1.54) is 4.90 Å². The van der Waals surface area contributed by atoms with Crippen LogP contribution in [0, 0.1) is 5.41 Å². The number of para-hydroxylation sites is 1. The largest absolute Gasteiger partial charge is 0.384 e. The molecule has 0 aliphatic rings. The lowest BCUT2D eigenvalue weighted by Gasteiger charge is -2.19. The van der Waals surface area contributed by atoms with Crippen LogP contribution in [0.5, 0.6) is 0 Å². The molecule has 0 saturated heterocycles. The van der Waals surface area contributed by atoms with E-state index >= 15 is 0 Å². The minimum absolute atomic E-state index is 0.0543. The van der Waals surface area contributed by atoms with Crippen molar-refractivity contribution in [1.82, 2.24) is 5.32 Å². The third-order valence-corrected chi connectivity index (χ3v) is 2.07.